The van der Waals surface area contributed by atoms with Gasteiger partial charge in [0, 0.05) is 23.6 Å². The van der Waals surface area contributed by atoms with Crippen LogP contribution in [0, 0.1) is 18.2 Å². The largest absolute Gasteiger partial charge is 0.505 e. The van der Waals surface area contributed by atoms with Crippen LogP contribution < -0.4 is 5.73 Å². The topological polar surface area (TPSA) is 66.5 Å². The van der Waals surface area contributed by atoms with Crippen molar-refractivity contribution < 1.29 is 14.6 Å². The number of benzene rings is 1. The molecule has 1 aromatic rings. The van der Waals surface area contributed by atoms with Crippen molar-refractivity contribution in [3.63, 3.8) is 0 Å². The number of hydrogen-bond donors (Lipinski definition) is 3. The van der Waals surface area contributed by atoms with Crippen LogP contribution >= 0.6 is 12.4 Å². The van der Waals surface area contributed by atoms with E-state index >= 15 is 0 Å². The Morgan fingerprint density at radius 3 is 2.41 bits per heavy atom. The second-order valence-electron chi connectivity index (χ2n) is 4.76. The summed E-state index contributed by atoms with van der Waals surface area (Å²) in [4.78, 5) is 0. The molecule has 0 aliphatic rings. The van der Waals surface area contributed by atoms with Crippen LogP contribution in [0.4, 0.5) is 4.39 Å². The molecule has 0 radical (unpaired) electrons. The smallest absolute Gasteiger partial charge is 0.168 e. The van der Waals surface area contributed by atoms with Crippen molar-refractivity contribution in [2.75, 3.05) is 6.61 Å². The van der Waals surface area contributed by atoms with E-state index in [1.807, 2.05) is 0 Å². The number of aliphatic hydroxyl groups is 1. The first-order valence-corrected chi connectivity index (χ1v) is 5.15. The highest BCUT2D eigenvalue weighted by Gasteiger charge is 2.29. The zero-order chi connectivity index (χ0) is 12.5. The first-order chi connectivity index (χ1) is 7.31. The fourth-order valence-electron chi connectivity index (χ4n) is 1.45. The molecule has 1 atom stereocenters. The van der Waals surface area contributed by atoms with Crippen LogP contribution in [0.25, 0.3) is 0 Å². The maximum atomic E-state index is 13.5. The summed E-state index contributed by atoms with van der Waals surface area (Å²) < 4.78 is 13.5. The van der Waals surface area contributed by atoms with Gasteiger partial charge in [-0.25, -0.2) is 4.39 Å². The van der Waals surface area contributed by atoms with Crippen molar-refractivity contribution in [3.05, 3.63) is 29.1 Å². The maximum absolute atomic E-state index is 13.5. The minimum atomic E-state index is -0.651. The number of rotatable bonds is 3. The molecule has 4 N–H and O–H groups in total. The van der Waals surface area contributed by atoms with E-state index in [1.54, 1.807) is 32.9 Å². The summed E-state index contributed by atoms with van der Waals surface area (Å²) in [6, 6.07) is 2.54. The third-order valence-corrected chi connectivity index (χ3v) is 2.92. The number of halogens is 2. The molecule has 0 spiro atoms. The zero-order valence-electron chi connectivity index (χ0n) is 10.2. The lowest BCUT2D eigenvalue weighted by atomic mass is 9.81. The minimum absolute atomic E-state index is 0. The molecule has 0 saturated carbocycles. The molecule has 5 heteroatoms. The number of phenolic OH excluding ortho intramolecular Hbond substituents is 1. The summed E-state index contributed by atoms with van der Waals surface area (Å²) in [6.45, 7) is 4.95. The van der Waals surface area contributed by atoms with Gasteiger partial charge >= 0.3 is 0 Å². The average molecular weight is 264 g/mol. The lowest BCUT2D eigenvalue weighted by Gasteiger charge is -2.30. The highest BCUT2D eigenvalue weighted by Crippen LogP contribution is 2.37. The lowest BCUT2D eigenvalue weighted by Crippen LogP contribution is -2.32. The Bertz CT molecular complexity index is 396. The van der Waals surface area contributed by atoms with Crippen molar-refractivity contribution >= 4 is 12.4 Å². The maximum Gasteiger partial charge on any atom is 0.168 e. The molecule has 1 aromatic carbocycles. The van der Waals surface area contributed by atoms with E-state index in [4.69, 9.17) is 5.73 Å². The van der Waals surface area contributed by atoms with Crippen LogP contribution in [0.5, 0.6) is 5.75 Å². The van der Waals surface area contributed by atoms with E-state index < -0.39 is 23.0 Å². The molecule has 0 unspecified atom stereocenters. The minimum Gasteiger partial charge on any atom is -0.505 e. The predicted octanol–water partition coefficient (Wildman–Crippen LogP) is 2.28. The van der Waals surface area contributed by atoms with E-state index in [-0.39, 0.29) is 19.0 Å². The molecule has 17 heavy (non-hydrogen) atoms. The summed E-state index contributed by atoms with van der Waals surface area (Å²) in [5.41, 5.74) is 6.00. The Morgan fingerprint density at radius 2 is 1.94 bits per heavy atom. The number of aryl methyl sites for hydroxylation is 1. The highest BCUT2D eigenvalue weighted by atomic mass is 35.5. The first-order valence-electron chi connectivity index (χ1n) is 5.15. The monoisotopic (exact) mass is 263 g/mol. The second kappa shape index (κ2) is 5.67. The zero-order valence-corrected chi connectivity index (χ0v) is 11.0. The molecule has 98 valence electrons. The van der Waals surface area contributed by atoms with Gasteiger partial charge in [-0.1, -0.05) is 26.0 Å². The second-order valence-corrected chi connectivity index (χ2v) is 4.76. The van der Waals surface area contributed by atoms with Gasteiger partial charge in [-0.05, 0) is 12.5 Å². The first kappa shape index (κ1) is 16.2. The lowest BCUT2D eigenvalue weighted by molar-refractivity contribution is 0.131. The van der Waals surface area contributed by atoms with Crippen molar-refractivity contribution in [1.29, 1.82) is 0 Å². The van der Waals surface area contributed by atoms with Crippen molar-refractivity contribution in [3.8, 4) is 5.75 Å². The van der Waals surface area contributed by atoms with Gasteiger partial charge in [0.1, 0.15) is 0 Å². The Hall–Kier alpha value is -0.840. The van der Waals surface area contributed by atoms with Gasteiger partial charge in [-0.2, -0.15) is 0 Å². The standard InChI is InChI=1S/C12H18FNO2.ClH/c1-7-4-5-8(10(16)9(7)13)11(14)12(2,3)6-15;/h4-5,11,15-16H,6,14H2,1-3H3;1H/t11-;/m1./s1. The Kier molecular flexibility index (Phi) is 5.39. The van der Waals surface area contributed by atoms with Crippen LogP contribution in [0.3, 0.4) is 0 Å². The summed E-state index contributed by atoms with van der Waals surface area (Å²) >= 11 is 0. The molecule has 0 saturated heterocycles. The van der Waals surface area contributed by atoms with Gasteiger partial charge in [-0.3, -0.25) is 0 Å². The summed E-state index contributed by atoms with van der Waals surface area (Å²) in [6.07, 6.45) is 0. The summed E-state index contributed by atoms with van der Waals surface area (Å²) in [5.74, 6) is -1.07. The molecule has 0 bridgehead atoms. The molecule has 0 amide bonds. The van der Waals surface area contributed by atoms with Gasteiger partial charge in [-0.15, -0.1) is 12.4 Å². The fraction of sp³-hybridized carbons (Fsp3) is 0.500. The quantitative estimate of drug-likeness (QED) is 0.784. The number of aromatic hydroxyl groups is 1. The molecule has 3 nitrogen and oxygen atoms in total. The fourth-order valence-corrected chi connectivity index (χ4v) is 1.45. The summed E-state index contributed by atoms with van der Waals surface area (Å²) in [7, 11) is 0. The van der Waals surface area contributed by atoms with Crippen LogP contribution in [-0.2, 0) is 0 Å². The Labute approximate surface area is 107 Å². The number of nitrogens with two attached hydrogens (primary N) is 1. The van der Waals surface area contributed by atoms with Crippen molar-refractivity contribution in [2.24, 2.45) is 11.1 Å². The SMILES string of the molecule is Cc1ccc([C@@H](N)C(C)(C)CO)c(O)c1F.Cl. The molecular formula is C12H19ClFNO2. The third-order valence-electron chi connectivity index (χ3n) is 2.92. The van der Waals surface area contributed by atoms with Crippen molar-refractivity contribution in [2.45, 2.75) is 26.8 Å². The van der Waals surface area contributed by atoms with Gasteiger partial charge < -0.3 is 15.9 Å². The molecule has 0 aromatic heterocycles. The number of phenols is 1. The average Bonchev–Trinajstić information content (AvgIpc) is 2.25. The third kappa shape index (κ3) is 3.09. The van der Waals surface area contributed by atoms with Crippen LogP contribution in [0.15, 0.2) is 12.1 Å². The van der Waals surface area contributed by atoms with Gasteiger partial charge in [0.2, 0.25) is 0 Å². The Morgan fingerprint density at radius 1 is 1.41 bits per heavy atom. The van der Waals surface area contributed by atoms with E-state index in [0.29, 0.717) is 11.1 Å². The van der Waals surface area contributed by atoms with Crippen LogP contribution in [0.1, 0.15) is 31.0 Å². The van der Waals surface area contributed by atoms with Gasteiger partial charge in [0.15, 0.2) is 11.6 Å². The molecule has 1 rings (SSSR count). The van der Waals surface area contributed by atoms with E-state index in [9.17, 15) is 14.6 Å². The van der Waals surface area contributed by atoms with Crippen LogP contribution in [-0.4, -0.2) is 16.8 Å². The molecule has 0 fully saturated rings. The van der Waals surface area contributed by atoms with Gasteiger partial charge in [0.05, 0.1) is 0 Å². The highest BCUT2D eigenvalue weighted by molar-refractivity contribution is 5.85. The van der Waals surface area contributed by atoms with Crippen molar-refractivity contribution in [1.82, 2.24) is 0 Å². The van der Waals surface area contributed by atoms with E-state index in [0.717, 1.165) is 0 Å². The number of hydrogen-bond acceptors (Lipinski definition) is 3. The predicted molar refractivity (Wildman–Crippen MR) is 67.8 cm³/mol. The van der Waals surface area contributed by atoms with E-state index in [1.165, 1.54) is 0 Å². The molecule has 0 heterocycles. The molecule has 0 aliphatic carbocycles. The number of aliphatic hydroxyl groups excluding tert-OH is 1. The van der Waals surface area contributed by atoms with E-state index in [2.05, 4.69) is 0 Å². The summed E-state index contributed by atoms with van der Waals surface area (Å²) in [5, 5.41) is 18.9. The normalized spacial score (nSPS) is 13.1. The Balaban J connectivity index is 0.00000256. The molecule has 0 aliphatic heterocycles. The molecular weight excluding hydrogens is 245 g/mol. The van der Waals surface area contributed by atoms with Crippen LogP contribution in [0.2, 0.25) is 0 Å². The van der Waals surface area contributed by atoms with Gasteiger partial charge in [0.25, 0.3) is 0 Å².